The van der Waals surface area contributed by atoms with Crippen LogP contribution in [-0.2, 0) is 16.4 Å². The molecular weight excluding hydrogens is 314 g/mol. The SMILES string of the molecule is CCc1ccc(C(=O)NS(=O)(=O)c2ccc(C(C)=O)cc2)cc1. The Morgan fingerprint density at radius 2 is 1.43 bits per heavy atom. The largest absolute Gasteiger partial charge is 0.295 e. The Morgan fingerprint density at radius 1 is 0.913 bits per heavy atom. The number of carbonyl (C=O) groups excluding carboxylic acids is 2. The summed E-state index contributed by atoms with van der Waals surface area (Å²) < 4.78 is 26.4. The fourth-order valence-corrected chi connectivity index (χ4v) is 2.97. The van der Waals surface area contributed by atoms with E-state index in [9.17, 15) is 18.0 Å². The predicted octanol–water partition coefficient (Wildman–Crippen LogP) is 2.57. The van der Waals surface area contributed by atoms with Crippen molar-refractivity contribution >= 4 is 21.7 Å². The van der Waals surface area contributed by atoms with E-state index in [4.69, 9.17) is 0 Å². The molecule has 6 heteroatoms. The summed E-state index contributed by atoms with van der Waals surface area (Å²) in [6.07, 6.45) is 0.836. The molecule has 0 aliphatic rings. The van der Waals surface area contributed by atoms with Gasteiger partial charge in [-0.3, -0.25) is 9.59 Å². The van der Waals surface area contributed by atoms with Crippen LogP contribution in [0.15, 0.2) is 53.4 Å². The minimum Gasteiger partial charge on any atom is -0.295 e. The summed E-state index contributed by atoms with van der Waals surface area (Å²) in [5, 5.41) is 0. The zero-order chi connectivity index (χ0) is 17.0. The fourth-order valence-electron chi connectivity index (χ4n) is 2.00. The van der Waals surface area contributed by atoms with Crippen LogP contribution in [-0.4, -0.2) is 20.1 Å². The van der Waals surface area contributed by atoms with Crippen LogP contribution < -0.4 is 4.72 Å². The topological polar surface area (TPSA) is 80.3 Å². The van der Waals surface area contributed by atoms with E-state index < -0.39 is 15.9 Å². The molecule has 2 aromatic rings. The fraction of sp³-hybridized carbons (Fsp3) is 0.176. The van der Waals surface area contributed by atoms with Crippen LogP contribution in [0.2, 0.25) is 0 Å². The summed E-state index contributed by atoms with van der Waals surface area (Å²) in [6.45, 7) is 3.38. The number of hydrogen-bond acceptors (Lipinski definition) is 4. The first-order valence-electron chi connectivity index (χ1n) is 7.10. The molecule has 5 nitrogen and oxygen atoms in total. The Kier molecular flexibility index (Phi) is 4.95. The van der Waals surface area contributed by atoms with Crippen LogP contribution >= 0.6 is 0 Å². The Bertz CT molecular complexity index is 822. The van der Waals surface area contributed by atoms with Crippen molar-refractivity contribution in [3.05, 3.63) is 65.2 Å². The molecule has 1 amide bonds. The number of nitrogens with one attached hydrogen (secondary N) is 1. The van der Waals surface area contributed by atoms with E-state index in [0.717, 1.165) is 12.0 Å². The highest BCUT2D eigenvalue weighted by Gasteiger charge is 2.18. The number of hydrogen-bond donors (Lipinski definition) is 1. The minimum atomic E-state index is -3.98. The monoisotopic (exact) mass is 331 g/mol. The van der Waals surface area contributed by atoms with Crippen molar-refractivity contribution in [3.63, 3.8) is 0 Å². The molecule has 0 aliphatic heterocycles. The first-order valence-corrected chi connectivity index (χ1v) is 8.59. The number of Topliss-reactive ketones (excluding diaryl/α,β-unsaturated/α-hetero) is 1. The quantitative estimate of drug-likeness (QED) is 0.854. The number of rotatable bonds is 5. The Hall–Kier alpha value is -2.47. The summed E-state index contributed by atoms with van der Waals surface area (Å²) in [5.41, 5.74) is 1.74. The molecule has 0 aliphatic carbocycles. The maximum Gasteiger partial charge on any atom is 0.264 e. The molecule has 0 radical (unpaired) electrons. The van der Waals surface area contributed by atoms with E-state index in [1.807, 2.05) is 11.6 Å². The summed E-state index contributed by atoms with van der Waals surface area (Å²) in [6, 6.07) is 12.2. The van der Waals surface area contributed by atoms with Gasteiger partial charge in [-0.05, 0) is 43.2 Å². The van der Waals surface area contributed by atoms with Gasteiger partial charge in [0.15, 0.2) is 5.78 Å². The zero-order valence-corrected chi connectivity index (χ0v) is 13.7. The Labute approximate surface area is 135 Å². The van der Waals surface area contributed by atoms with Crippen molar-refractivity contribution in [2.75, 3.05) is 0 Å². The van der Waals surface area contributed by atoms with Crippen molar-refractivity contribution in [2.24, 2.45) is 0 Å². The predicted molar refractivity (Wildman–Crippen MR) is 86.9 cm³/mol. The maximum atomic E-state index is 12.2. The smallest absolute Gasteiger partial charge is 0.264 e. The van der Waals surface area contributed by atoms with E-state index in [1.54, 1.807) is 24.3 Å². The van der Waals surface area contributed by atoms with Crippen LogP contribution in [0, 0.1) is 0 Å². The molecule has 120 valence electrons. The number of amides is 1. The lowest BCUT2D eigenvalue weighted by Crippen LogP contribution is -2.30. The Morgan fingerprint density at radius 3 is 1.91 bits per heavy atom. The molecule has 0 fully saturated rings. The van der Waals surface area contributed by atoms with Crippen LogP contribution in [0.1, 0.15) is 40.1 Å². The summed E-state index contributed by atoms with van der Waals surface area (Å²) in [7, 11) is -3.98. The summed E-state index contributed by atoms with van der Waals surface area (Å²) >= 11 is 0. The van der Waals surface area contributed by atoms with Gasteiger partial charge in [0.05, 0.1) is 4.90 Å². The van der Waals surface area contributed by atoms with Gasteiger partial charge < -0.3 is 0 Å². The van der Waals surface area contributed by atoms with Crippen molar-refractivity contribution < 1.29 is 18.0 Å². The van der Waals surface area contributed by atoms with Crippen molar-refractivity contribution in [3.8, 4) is 0 Å². The lowest BCUT2D eigenvalue weighted by molar-refractivity contribution is 0.0979. The lowest BCUT2D eigenvalue weighted by atomic mass is 10.1. The average Bonchev–Trinajstić information content (AvgIpc) is 2.54. The highest BCUT2D eigenvalue weighted by molar-refractivity contribution is 7.90. The highest BCUT2D eigenvalue weighted by atomic mass is 32.2. The van der Waals surface area contributed by atoms with Crippen LogP contribution in [0.25, 0.3) is 0 Å². The number of benzene rings is 2. The Balaban J connectivity index is 2.19. The second-order valence-corrected chi connectivity index (χ2v) is 6.75. The van der Waals surface area contributed by atoms with E-state index >= 15 is 0 Å². The van der Waals surface area contributed by atoms with E-state index in [2.05, 4.69) is 0 Å². The van der Waals surface area contributed by atoms with E-state index in [0.29, 0.717) is 5.56 Å². The van der Waals surface area contributed by atoms with Gasteiger partial charge in [0.2, 0.25) is 0 Å². The van der Waals surface area contributed by atoms with Crippen LogP contribution in [0.3, 0.4) is 0 Å². The van der Waals surface area contributed by atoms with Gasteiger partial charge >= 0.3 is 0 Å². The molecule has 0 aromatic heterocycles. The second-order valence-electron chi connectivity index (χ2n) is 5.07. The second kappa shape index (κ2) is 6.75. The summed E-state index contributed by atoms with van der Waals surface area (Å²) in [4.78, 5) is 23.2. The van der Waals surface area contributed by atoms with Crippen molar-refractivity contribution in [1.29, 1.82) is 0 Å². The lowest BCUT2D eigenvalue weighted by Gasteiger charge is -2.08. The van der Waals surface area contributed by atoms with Gasteiger partial charge in [-0.25, -0.2) is 13.1 Å². The standard InChI is InChI=1S/C17H17NO4S/c1-3-13-4-6-15(7-5-13)17(20)18-23(21,22)16-10-8-14(9-11-16)12(2)19/h4-11H,3H2,1-2H3,(H,18,20). The van der Waals surface area contributed by atoms with E-state index in [1.165, 1.54) is 31.2 Å². The van der Waals surface area contributed by atoms with Gasteiger partial charge in [0, 0.05) is 11.1 Å². The summed E-state index contributed by atoms with van der Waals surface area (Å²) in [5.74, 6) is -0.850. The van der Waals surface area contributed by atoms with E-state index in [-0.39, 0.29) is 16.2 Å². The first-order chi connectivity index (χ1) is 10.8. The van der Waals surface area contributed by atoms with Gasteiger partial charge in [-0.15, -0.1) is 0 Å². The number of aryl methyl sites for hydroxylation is 1. The van der Waals surface area contributed by atoms with Gasteiger partial charge in [-0.1, -0.05) is 31.2 Å². The molecule has 0 saturated heterocycles. The molecule has 0 heterocycles. The molecule has 0 atom stereocenters. The third-order valence-corrected chi connectivity index (χ3v) is 4.77. The normalized spacial score (nSPS) is 11.0. The van der Waals surface area contributed by atoms with Gasteiger partial charge in [0.1, 0.15) is 0 Å². The molecular formula is C17H17NO4S. The molecule has 2 aromatic carbocycles. The zero-order valence-electron chi connectivity index (χ0n) is 12.9. The van der Waals surface area contributed by atoms with Gasteiger partial charge in [0.25, 0.3) is 15.9 Å². The van der Waals surface area contributed by atoms with Crippen LogP contribution in [0.4, 0.5) is 0 Å². The van der Waals surface area contributed by atoms with Crippen molar-refractivity contribution in [2.45, 2.75) is 25.2 Å². The van der Waals surface area contributed by atoms with Crippen molar-refractivity contribution in [1.82, 2.24) is 4.72 Å². The molecule has 0 saturated carbocycles. The molecule has 0 unspecified atom stereocenters. The number of carbonyl (C=O) groups is 2. The third kappa shape index (κ3) is 4.04. The molecule has 23 heavy (non-hydrogen) atoms. The van der Waals surface area contributed by atoms with Gasteiger partial charge in [-0.2, -0.15) is 0 Å². The van der Waals surface area contributed by atoms with Crippen LogP contribution in [0.5, 0.6) is 0 Å². The first kappa shape index (κ1) is 16.9. The number of ketones is 1. The maximum absolute atomic E-state index is 12.2. The minimum absolute atomic E-state index is 0.0685. The molecule has 0 spiro atoms. The number of sulfonamides is 1. The average molecular weight is 331 g/mol. The molecule has 2 rings (SSSR count). The third-order valence-electron chi connectivity index (χ3n) is 3.42. The molecule has 1 N–H and O–H groups in total. The molecule has 0 bridgehead atoms. The highest BCUT2D eigenvalue weighted by Crippen LogP contribution is 2.12.